The van der Waals surface area contributed by atoms with Crippen LogP contribution < -0.4 is 5.73 Å². The molecular weight excluding hydrogens is 296 g/mol. The molecule has 0 bridgehead atoms. The van der Waals surface area contributed by atoms with Gasteiger partial charge in [-0.1, -0.05) is 0 Å². The molecule has 1 saturated heterocycles. The van der Waals surface area contributed by atoms with Crippen LogP contribution >= 0.6 is 0 Å². The number of likely N-dealkylation sites (tertiary alicyclic amines) is 1. The first-order valence-corrected chi connectivity index (χ1v) is 7.69. The molecule has 1 aliphatic heterocycles. The quantitative estimate of drug-likeness (QED) is 0.862. The average Bonchev–Trinajstić information content (AvgIpc) is 3.02. The van der Waals surface area contributed by atoms with Gasteiger partial charge in [0, 0.05) is 13.1 Å². The minimum absolute atomic E-state index is 0.0630. The third-order valence-electron chi connectivity index (χ3n) is 3.85. The maximum atomic E-state index is 12.2. The van der Waals surface area contributed by atoms with Crippen molar-refractivity contribution in [1.29, 1.82) is 0 Å². The number of carbonyl (C=O) groups is 1. The SMILES string of the molecule is Cc1nn(C2CCN(C(=O)OC(C)(C)C)C2)c2ncnc(N)c12. The van der Waals surface area contributed by atoms with Gasteiger partial charge >= 0.3 is 6.09 Å². The van der Waals surface area contributed by atoms with Gasteiger partial charge in [-0.3, -0.25) is 0 Å². The summed E-state index contributed by atoms with van der Waals surface area (Å²) >= 11 is 0. The van der Waals surface area contributed by atoms with E-state index in [-0.39, 0.29) is 12.1 Å². The topological polar surface area (TPSA) is 99.2 Å². The van der Waals surface area contributed by atoms with Crippen LogP contribution in [0.1, 0.15) is 38.9 Å². The van der Waals surface area contributed by atoms with E-state index in [1.165, 1.54) is 6.33 Å². The van der Waals surface area contributed by atoms with Gasteiger partial charge in [-0.25, -0.2) is 19.4 Å². The fourth-order valence-electron chi connectivity index (χ4n) is 2.86. The summed E-state index contributed by atoms with van der Waals surface area (Å²) in [5.41, 5.74) is 6.94. The molecular formula is C15H22N6O2. The Balaban J connectivity index is 1.83. The minimum Gasteiger partial charge on any atom is -0.444 e. The van der Waals surface area contributed by atoms with Crippen LogP contribution in [0.5, 0.6) is 0 Å². The number of aromatic nitrogens is 4. The molecule has 2 N–H and O–H groups in total. The van der Waals surface area contributed by atoms with Crippen molar-refractivity contribution in [3.8, 4) is 0 Å². The number of amides is 1. The molecule has 1 aliphatic rings. The second kappa shape index (κ2) is 5.36. The van der Waals surface area contributed by atoms with Gasteiger partial charge in [0.1, 0.15) is 17.7 Å². The zero-order valence-corrected chi connectivity index (χ0v) is 13.9. The second-order valence-corrected chi connectivity index (χ2v) is 6.86. The lowest BCUT2D eigenvalue weighted by molar-refractivity contribution is 0.0288. The third kappa shape index (κ3) is 2.93. The number of hydrogen-bond acceptors (Lipinski definition) is 6. The van der Waals surface area contributed by atoms with E-state index < -0.39 is 5.60 Å². The van der Waals surface area contributed by atoms with Gasteiger partial charge < -0.3 is 15.4 Å². The van der Waals surface area contributed by atoms with Crippen LogP contribution in [0.4, 0.5) is 10.6 Å². The van der Waals surface area contributed by atoms with Gasteiger partial charge in [-0.15, -0.1) is 0 Å². The van der Waals surface area contributed by atoms with E-state index in [4.69, 9.17) is 10.5 Å². The highest BCUT2D eigenvalue weighted by Gasteiger charge is 2.32. The first kappa shape index (κ1) is 15.5. The van der Waals surface area contributed by atoms with Crippen molar-refractivity contribution in [3.05, 3.63) is 12.0 Å². The molecule has 1 atom stereocenters. The van der Waals surface area contributed by atoms with Crippen molar-refractivity contribution < 1.29 is 9.53 Å². The lowest BCUT2D eigenvalue weighted by atomic mass is 10.2. The highest BCUT2D eigenvalue weighted by molar-refractivity contribution is 5.87. The molecule has 8 heteroatoms. The van der Waals surface area contributed by atoms with Crippen molar-refractivity contribution >= 4 is 22.9 Å². The largest absolute Gasteiger partial charge is 0.444 e. The van der Waals surface area contributed by atoms with Crippen LogP contribution in [0.15, 0.2) is 6.33 Å². The first-order chi connectivity index (χ1) is 10.8. The summed E-state index contributed by atoms with van der Waals surface area (Å²) in [7, 11) is 0. The van der Waals surface area contributed by atoms with Crippen molar-refractivity contribution in [2.24, 2.45) is 0 Å². The molecule has 3 rings (SSSR count). The van der Waals surface area contributed by atoms with E-state index in [1.54, 1.807) is 4.90 Å². The maximum absolute atomic E-state index is 12.2. The van der Waals surface area contributed by atoms with E-state index in [0.717, 1.165) is 17.5 Å². The summed E-state index contributed by atoms with van der Waals surface area (Å²) in [5, 5.41) is 5.34. The van der Waals surface area contributed by atoms with E-state index in [2.05, 4.69) is 15.1 Å². The van der Waals surface area contributed by atoms with Crippen molar-refractivity contribution in [2.45, 2.75) is 45.8 Å². The third-order valence-corrected chi connectivity index (χ3v) is 3.85. The second-order valence-electron chi connectivity index (χ2n) is 6.86. The van der Waals surface area contributed by atoms with Gasteiger partial charge in [-0.05, 0) is 34.1 Å². The summed E-state index contributed by atoms with van der Waals surface area (Å²) in [4.78, 5) is 22.2. The zero-order chi connectivity index (χ0) is 16.8. The Labute approximate surface area is 134 Å². The molecule has 23 heavy (non-hydrogen) atoms. The molecule has 3 heterocycles. The number of aryl methyl sites for hydroxylation is 1. The fraction of sp³-hybridized carbons (Fsp3) is 0.600. The van der Waals surface area contributed by atoms with Crippen LogP contribution in [-0.4, -0.2) is 49.4 Å². The average molecular weight is 318 g/mol. The van der Waals surface area contributed by atoms with Gasteiger partial charge in [0.05, 0.1) is 17.1 Å². The molecule has 2 aromatic rings. The number of nitrogen functional groups attached to an aromatic ring is 1. The highest BCUT2D eigenvalue weighted by atomic mass is 16.6. The Bertz CT molecular complexity index is 748. The molecule has 124 valence electrons. The fourth-order valence-corrected chi connectivity index (χ4v) is 2.86. The minimum atomic E-state index is -0.494. The van der Waals surface area contributed by atoms with Crippen LogP contribution in [0.25, 0.3) is 11.0 Å². The molecule has 8 nitrogen and oxygen atoms in total. The summed E-state index contributed by atoms with van der Waals surface area (Å²) in [6, 6.07) is 0.0630. The Morgan fingerprint density at radius 1 is 1.39 bits per heavy atom. The Morgan fingerprint density at radius 3 is 2.83 bits per heavy atom. The molecule has 1 fully saturated rings. The molecule has 1 unspecified atom stereocenters. The number of hydrogen-bond donors (Lipinski definition) is 1. The predicted octanol–water partition coefficient (Wildman–Crippen LogP) is 1.90. The van der Waals surface area contributed by atoms with Crippen LogP contribution in [0, 0.1) is 6.92 Å². The normalized spacial score (nSPS) is 18.6. The molecule has 0 aliphatic carbocycles. The summed E-state index contributed by atoms with van der Waals surface area (Å²) in [6.07, 6.45) is 1.96. The molecule has 2 aromatic heterocycles. The Kier molecular flexibility index (Phi) is 3.62. The van der Waals surface area contributed by atoms with E-state index >= 15 is 0 Å². The summed E-state index contributed by atoms with van der Waals surface area (Å²) in [6.45, 7) is 8.67. The van der Waals surface area contributed by atoms with E-state index in [0.29, 0.717) is 24.6 Å². The number of anilines is 1. The van der Waals surface area contributed by atoms with Gasteiger partial charge in [0.15, 0.2) is 5.65 Å². The van der Waals surface area contributed by atoms with Gasteiger partial charge in [0.2, 0.25) is 0 Å². The molecule has 0 saturated carbocycles. The van der Waals surface area contributed by atoms with Crippen molar-refractivity contribution in [3.63, 3.8) is 0 Å². The Morgan fingerprint density at radius 2 is 2.13 bits per heavy atom. The number of ether oxygens (including phenoxy) is 1. The van der Waals surface area contributed by atoms with E-state index in [1.807, 2.05) is 32.4 Å². The first-order valence-electron chi connectivity index (χ1n) is 7.69. The monoisotopic (exact) mass is 318 g/mol. The summed E-state index contributed by atoms with van der Waals surface area (Å²) in [5.74, 6) is 0.431. The van der Waals surface area contributed by atoms with Crippen LogP contribution in [0.2, 0.25) is 0 Å². The smallest absolute Gasteiger partial charge is 0.410 e. The van der Waals surface area contributed by atoms with Gasteiger partial charge in [0.25, 0.3) is 0 Å². The van der Waals surface area contributed by atoms with Crippen LogP contribution in [0.3, 0.4) is 0 Å². The summed E-state index contributed by atoms with van der Waals surface area (Å²) < 4.78 is 7.28. The van der Waals surface area contributed by atoms with E-state index in [9.17, 15) is 4.79 Å². The zero-order valence-electron chi connectivity index (χ0n) is 13.9. The van der Waals surface area contributed by atoms with Crippen molar-refractivity contribution in [1.82, 2.24) is 24.6 Å². The number of nitrogens with two attached hydrogens (primary N) is 1. The number of carbonyl (C=O) groups excluding carboxylic acids is 1. The molecule has 0 radical (unpaired) electrons. The lowest BCUT2D eigenvalue weighted by Crippen LogP contribution is -2.35. The number of fused-ring (bicyclic) bond motifs is 1. The predicted molar refractivity (Wildman–Crippen MR) is 85.9 cm³/mol. The van der Waals surface area contributed by atoms with Gasteiger partial charge in [-0.2, -0.15) is 5.10 Å². The Hall–Kier alpha value is -2.38. The molecule has 0 spiro atoms. The molecule has 1 amide bonds. The maximum Gasteiger partial charge on any atom is 0.410 e. The number of nitrogens with zero attached hydrogens (tertiary/aromatic N) is 5. The van der Waals surface area contributed by atoms with Crippen LogP contribution in [-0.2, 0) is 4.74 Å². The van der Waals surface area contributed by atoms with Crippen molar-refractivity contribution in [2.75, 3.05) is 18.8 Å². The molecule has 0 aromatic carbocycles. The number of rotatable bonds is 1. The highest BCUT2D eigenvalue weighted by Crippen LogP contribution is 2.28. The lowest BCUT2D eigenvalue weighted by Gasteiger charge is -2.24. The standard InChI is InChI=1S/C15H22N6O2/c1-9-11-12(16)17-8-18-13(11)21(19-9)10-5-6-20(7-10)14(22)23-15(2,3)4/h8,10H,5-7H2,1-4H3,(H2,16,17,18).